The first-order valence-corrected chi connectivity index (χ1v) is 12.4. The van der Waals surface area contributed by atoms with E-state index in [0.29, 0.717) is 79.8 Å². The summed E-state index contributed by atoms with van der Waals surface area (Å²) in [6.07, 6.45) is 3.58. The fourth-order valence-electron chi connectivity index (χ4n) is 4.75. The Morgan fingerprint density at radius 1 is 1.11 bits per heavy atom. The van der Waals surface area contributed by atoms with Crippen molar-refractivity contribution in [1.29, 1.82) is 5.26 Å². The maximum Gasteiger partial charge on any atom is 0.259 e. The highest BCUT2D eigenvalue weighted by molar-refractivity contribution is 5.99. The van der Waals surface area contributed by atoms with Crippen LogP contribution >= 0.6 is 0 Å². The summed E-state index contributed by atoms with van der Waals surface area (Å²) >= 11 is 0. The van der Waals surface area contributed by atoms with Gasteiger partial charge in [-0.2, -0.15) is 5.26 Å². The number of nitrogens with zero attached hydrogens (tertiary/aromatic N) is 3. The van der Waals surface area contributed by atoms with Crippen molar-refractivity contribution in [3.05, 3.63) is 64.3 Å². The molecule has 1 aliphatic heterocycles. The molecule has 2 aliphatic rings. The molecule has 0 spiro atoms. The van der Waals surface area contributed by atoms with Crippen LogP contribution in [0.15, 0.2) is 47.3 Å². The highest BCUT2D eigenvalue weighted by Crippen LogP contribution is 2.39. The molecule has 186 valence electrons. The molecule has 0 bridgehead atoms. The second-order valence-corrected chi connectivity index (χ2v) is 9.26. The number of morpholine rings is 1. The summed E-state index contributed by atoms with van der Waals surface area (Å²) in [6.45, 7) is 2.89. The molecule has 0 atom stereocenters. The van der Waals surface area contributed by atoms with Gasteiger partial charge in [-0.15, -0.1) is 0 Å². The van der Waals surface area contributed by atoms with E-state index >= 15 is 0 Å². The molecule has 1 saturated carbocycles. The second kappa shape index (κ2) is 10.5. The van der Waals surface area contributed by atoms with Crippen LogP contribution in [-0.2, 0) is 9.53 Å². The van der Waals surface area contributed by atoms with Gasteiger partial charge in [0.05, 0.1) is 19.8 Å². The number of carbonyl (C=O) groups is 1. The van der Waals surface area contributed by atoms with Gasteiger partial charge in [-0.25, -0.2) is 4.39 Å². The van der Waals surface area contributed by atoms with Gasteiger partial charge in [-0.1, -0.05) is 12.1 Å². The first kappa shape index (κ1) is 24.0. The number of amides is 1. The third-order valence-electron chi connectivity index (χ3n) is 6.74. The third kappa shape index (κ3) is 4.98. The Hall–Kier alpha value is -3.70. The van der Waals surface area contributed by atoms with Crippen molar-refractivity contribution in [1.82, 2.24) is 9.47 Å². The first-order valence-electron chi connectivity index (χ1n) is 12.4. The van der Waals surface area contributed by atoms with Crippen molar-refractivity contribution in [2.45, 2.75) is 38.1 Å². The number of hydrogen-bond donors (Lipinski definition) is 0. The maximum atomic E-state index is 14.1. The number of benzene rings is 2. The number of halogens is 1. The van der Waals surface area contributed by atoms with E-state index in [2.05, 4.69) is 6.07 Å². The lowest BCUT2D eigenvalue weighted by Gasteiger charge is -2.26. The molecule has 36 heavy (non-hydrogen) atoms. The largest absolute Gasteiger partial charge is 0.494 e. The van der Waals surface area contributed by atoms with Gasteiger partial charge in [-0.05, 0) is 61.6 Å². The van der Waals surface area contributed by atoms with Gasteiger partial charge in [-0.3, -0.25) is 14.2 Å². The number of aromatic nitrogens is 1. The maximum absolute atomic E-state index is 14.1. The van der Waals surface area contributed by atoms with Crippen LogP contribution in [0.3, 0.4) is 0 Å². The number of pyridine rings is 1. The number of carbonyl (C=O) groups excluding carboxylic acids is 1. The zero-order valence-electron chi connectivity index (χ0n) is 20.0. The number of unbranched alkanes of at least 4 members (excludes halogenated alkanes) is 1. The van der Waals surface area contributed by atoms with E-state index in [1.807, 2.05) is 4.90 Å². The van der Waals surface area contributed by atoms with E-state index in [1.165, 1.54) is 12.1 Å². The molecule has 0 N–H and O–H groups in total. The Labute approximate surface area is 208 Å². The molecule has 1 amide bonds. The van der Waals surface area contributed by atoms with Crippen LogP contribution in [0.1, 0.15) is 43.8 Å². The minimum absolute atomic E-state index is 0.0000383. The number of hydrogen-bond acceptors (Lipinski definition) is 5. The van der Waals surface area contributed by atoms with E-state index in [1.54, 1.807) is 34.9 Å². The van der Waals surface area contributed by atoms with Crippen molar-refractivity contribution in [2.75, 3.05) is 32.9 Å². The summed E-state index contributed by atoms with van der Waals surface area (Å²) < 4.78 is 26.9. The molecule has 0 radical (unpaired) electrons. The van der Waals surface area contributed by atoms with Gasteiger partial charge < -0.3 is 14.4 Å². The second-order valence-electron chi connectivity index (χ2n) is 9.26. The first-order chi connectivity index (χ1) is 17.6. The average molecular weight is 490 g/mol. The monoisotopic (exact) mass is 489 g/mol. The van der Waals surface area contributed by atoms with Crippen molar-refractivity contribution >= 4 is 16.7 Å². The smallest absolute Gasteiger partial charge is 0.259 e. The lowest BCUT2D eigenvalue weighted by molar-refractivity contribution is -0.135. The number of fused-ring (bicyclic) bond motifs is 1. The number of ether oxygens (including phenoxy) is 2. The molecule has 1 aromatic heterocycles. The normalized spacial score (nSPS) is 15.6. The summed E-state index contributed by atoms with van der Waals surface area (Å²) in [7, 11) is 0. The SMILES string of the molecule is N#Cc1c(-c2cccc(F)c2)c2cc(OCCCCC(=O)N3CCOCC3)ccc2c(=O)n1C1CC1. The van der Waals surface area contributed by atoms with Gasteiger partial charge in [0.2, 0.25) is 5.91 Å². The molecule has 7 nitrogen and oxygen atoms in total. The highest BCUT2D eigenvalue weighted by atomic mass is 19.1. The van der Waals surface area contributed by atoms with Crippen LogP contribution in [0.2, 0.25) is 0 Å². The fraction of sp³-hybridized carbons (Fsp3) is 0.393. The lowest BCUT2D eigenvalue weighted by Crippen LogP contribution is -2.40. The van der Waals surface area contributed by atoms with E-state index in [9.17, 15) is 19.2 Å². The summed E-state index contributed by atoms with van der Waals surface area (Å²) in [6, 6.07) is 13.5. The minimum Gasteiger partial charge on any atom is -0.494 e. The summed E-state index contributed by atoms with van der Waals surface area (Å²) in [5, 5.41) is 11.1. The van der Waals surface area contributed by atoms with Gasteiger partial charge in [0, 0.05) is 41.9 Å². The van der Waals surface area contributed by atoms with Gasteiger partial charge in [0.25, 0.3) is 5.56 Å². The Morgan fingerprint density at radius 2 is 1.92 bits per heavy atom. The average Bonchev–Trinajstić information content (AvgIpc) is 3.73. The highest BCUT2D eigenvalue weighted by Gasteiger charge is 2.30. The Kier molecular flexibility index (Phi) is 7.01. The van der Waals surface area contributed by atoms with E-state index < -0.39 is 5.82 Å². The fourth-order valence-corrected chi connectivity index (χ4v) is 4.75. The van der Waals surface area contributed by atoms with Crippen LogP contribution < -0.4 is 10.3 Å². The molecule has 0 unspecified atom stereocenters. The van der Waals surface area contributed by atoms with Crippen LogP contribution in [0, 0.1) is 17.1 Å². The third-order valence-corrected chi connectivity index (χ3v) is 6.74. The Morgan fingerprint density at radius 3 is 2.64 bits per heavy atom. The van der Waals surface area contributed by atoms with Crippen molar-refractivity contribution in [2.24, 2.45) is 0 Å². The summed E-state index contributed by atoms with van der Waals surface area (Å²) in [4.78, 5) is 27.4. The van der Waals surface area contributed by atoms with Crippen LogP contribution in [0.25, 0.3) is 21.9 Å². The lowest BCUT2D eigenvalue weighted by atomic mass is 9.96. The molecule has 5 rings (SSSR count). The Balaban J connectivity index is 1.37. The van der Waals surface area contributed by atoms with Crippen LogP contribution in [0.5, 0.6) is 5.75 Å². The zero-order chi connectivity index (χ0) is 25.1. The number of nitriles is 1. The van der Waals surface area contributed by atoms with Crippen LogP contribution in [0.4, 0.5) is 4.39 Å². The van der Waals surface area contributed by atoms with Crippen molar-refractivity contribution < 1.29 is 18.7 Å². The zero-order valence-corrected chi connectivity index (χ0v) is 20.0. The predicted molar refractivity (Wildman–Crippen MR) is 133 cm³/mol. The molecule has 3 aromatic rings. The molecule has 1 aliphatic carbocycles. The topological polar surface area (TPSA) is 84.6 Å². The summed E-state index contributed by atoms with van der Waals surface area (Å²) in [5.74, 6) is 0.291. The van der Waals surface area contributed by atoms with Crippen molar-refractivity contribution in [3.8, 4) is 22.9 Å². The molecule has 8 heteroatoms. The van der Waals surface area contributed by atoms with E-state index in [4.69, 9.17) is 9.47 Å². The molecule has 2 aromatic carbocycles. The minimum atomic E-state index is -0.409. The predicted octanol–water partition coefficient (Wildman–Crippen LogP) is 4.42. The van der Waals surface area contributed by atoms with Gasteiger partial charge >= 0.3 is 0 Å². The van der Waals surface area contributed by atoms with Gasteiger partial charge in [0.1, 0.15) is 23.3 Å². The summed E-state index contributed by atoms with van der Waals surface area (Å²) in [5.41, 5.74) is 1.13. The van der Waals surface area contributed by atoms with E-state index in [-0.39, 0.29) is 23.2 Å². The Bertz CT molecular complexity index is 1380. The molecule has 2 heterocycles. The van der Waals surface area contributed by atoms with Crippen molar-refractivity contribution in [3.63, 3.8) is 0 Å². The quantitative estimate of drug-likeness (QED) is 0.438. The molecule has 1 saturated heterocycles. The van der Waals surface area contributed by atoms with E-state index in [0.717, 1.165) is 12.8 Å². The molecular weight excluding hydrogens is 461 g/mol. The molecular formula is C28H28FN3O4. The molecule has 2 fully saturated rings. The van der Waals surface area contributed by atoms with Crippen LogP contribution in [-0.4, -0.2) is 48.3 Å². The number of rotatable bonds is 8. The standard InChI is InChI=1S/C28H28FN3O4/c29-20-5-3-4-19(16-20)27-24-17-22(36-13-2-1-6-26(33)31-11-14-35-15-12-31)9-10-23(24)28(34)32(21-7-8-21)25(27)18-30/h3-5,9-10,16-17,21H,1-2,6-8,11-15H2. The van der Waals surface area contributed by atoms with Gasteiger partial charge in [0.15, 0.2) is 0 Å².